The van der Waals surface area contributed by atoms with Crippen molar-refractivity contribution in [3.63, 3.8) is 0 Å². The fraction of sp³-hybridized carbons (Fsp3) is 0.333. The van der Waals surface area contributed by atoms with Crippen molar-refractivity contribution in [2.24, 2.45) is 11.8 Å². The monoisotopic (exact) mass is 338 g/mol. The van der Waals surface area contributed by atoms with Crippen molar-refractivity contribution < 1.29 is 14.3 Å². The van der Waals surface area contributed by atoms with Crippen LogP contribution in [0.4, 0.5) is 5.82 Å². The minimum Gasteiger partial charge on any atom is -0.375 e. The minimum atomic E-state index is -0.291. The van der Waals surface area contributed by atoms with Crippen LogP contribution in [0.2, 0.25) is 0 Å². The molecule has 0 saturated carbocycles. The number of anilines is 1. The van der Waals surface area contributed by atoms with Gasteiger partial charge in [0.15, 0.2) is 5.82 Å². The number of ether oxygens (including phenoxy) is 1. The van der Waals surface area contributed by atoms with Gasteiger partial charge < -0.3 is 15.0 Å². The number of hydrogen-bond acceptors (Lipinski definition) is 5. The van der Waals surface area contributed by atoms with Gasteiger partial charge in [-0.1, -0.05) is 18.2 Å². The lowest BCUT2D eigenvalue weighted by molar-refractivity contribution is -0.120. The molecule has 128 valence electrons. The van der Waals surface area contributed by atoms with Crippen LogP contribution in [0.1, 0.15) is 10.4 Å². The number of carbonyl (C=O) groups is 2. The van der Waals surface area contributed by atoms with Gasteiger partial charge in [-0.25, -0.2) is 4.98 Å². The SMILES string of the molecule is O=C(Nc1cnccn1)[C@@H]1CO[C@@H]2CN(C(=O)c3ccccc3)C[C@@H]21. The molecule has 0 spiro atoms. The van der Waals surface area contributed by atoms with Crippen molar-refractivity contribution in [1.29, 1.82) is 0 Å². The second kappa shape index (κ2) is 6.60. The van der Waals surface area contributed by atoms with Crippen LogP contribution < -0.4 is 5.32 Å². The van der Waals surface area contributed by atoms with Crippen molar-refractivity contribution in [1.82, 2.24) is 14.9 Å². The quantitative estimate of drug-likeness (QED) is 0.909. The van der Waals surface area contributed by atoms with Crippen LogP contribution in [0.15, 0.2) is 48.9 Å². The third-order valence-electron chi connectivity index (χ3n) is 4.77. The van der Waals surface area contributed by atoms with Gasteiger partial charge in [0.25, 0.3) is 5.91 Å². The van der Waals surface area contributed by atoms with E-state index in [2.05, 4.69) is 15.3 Å². The van der Waals surface area contributed by atoms with E-state index in [4.69, 9.17) is 4.74 Å². The third kappa shape index (κ3) is 3.10. The molecule has 2 aromatic rings. The second-order valence-corrected chi connectivity index (χ2v) is 6.30. The summed E-state index contributed by atoms with van der Waals surface area (Å²) in [5, 5.41) is 2.78. The highest BCUT2D eigenvalue weighted by molar-refractivity contribution is 5.95. The zero-order valence-corrected chi connectivity index (χ0v) is 13.5. The Hall–Kier alpha value is -2.80. The lowest BCUT2D eigenvalue weighted by Gasteiger charge is -2.19. The highest BCUT2D eigenvalue weighted by atomic mass is 16.5. The molecule has 3 atom stereocenters. The Balaban J connectivity index is 1.43. The number of likely N-dealkylation sites (tertiary alicyclic amines) is 1. The lowest BCUT2D eigenvalue weighted by atomic mass is 9.92. The molecule has 3 heterocycles. The summed E-state index contributed by atoms with van der Waals surface area (Å²) in [6.07, 6.45) is 4.49. The highest BCUT2D eigenvalue weighted by Crippen LogP contribution is 2.34. The standard InChI is InChI=1S/C18H18N4O3/c23-17(21-16-8-19-6-7-20-16)14-11-25-15-10-22(9-13(14)15)18(24)12-4-2-1-3-5-12/h1-8,13-15H,9-11H2,(H,20,21,23)/t13-,14-,15-/m1/s1. The molecule has 0 aliphatic carbocycles. The van der Waals surface area contributed by atoms with Gasteiger partial charge >= 0.3 is 0 Å². The summed E-state index contributed by atoms with van der Waals surface area (Å²) >= 11 is 0. The summed E-state index contributed by atoms with van der Waals surface area (Å²) in [5.74, 6) is -0.0234. The Morgan fingerprint density at radius 3 is 2.76 bits per heavy atom. The normalized spacial score (nSPS) is 24.8. The summed E-state index contributed by atoms with van der Waals surface area (Å²) in [4.78, 5) is 34.9. The molecule has 7 heteroatoms. The minimum absolute atomic E-state index is 0.00401. The topological polar surface area (TPSA) is 84.4 Å². The predicted molar refractivity (Wildman–Crippen MR) is 89.7 cm³/mol. The highest BCUT2D eigenvalue weighted by Gasteiger charge is 2.48. The number of carbonyl (C=O) groups excluding carboxylic acids is 2. The molecule has 1 aromatic carbocycles. The fourth-order valence-corrected chi connectivity index (χ4v) is 3.49. The van der Waals surface area contributed by atoms with Crippen LogP contribution in [0.25, 0.3) is 0 Å². The van der Waals surface area contributed by atoms with Gasteiger partial charge in [-0.2, -0.15) is 0 Å². The van der Waals surface area contributed by atoms with Crippen LogP contribution in [-0.2, 0) is 9.53 Å². The number of hydrogen-bond donors (Lipinski definition) is 1. The molecule has 2 amide bonds. The van der Waals surface area contributed by atoms with E-state index in [1.165, 1.54) is 12.4 Å². The van der Waals surface area contributed by atoms with Gasteiger partial charge in [0.2, 0.25) is 5.91 Å². The Labute approximate surface area is 145 Å². The number of nitrogens with zero attached hydrogens (tertiary/aromatic N) is 3. The third-order valence-corrected chi connectivity index (χ3v) is 4.77. The first-order valence-corrected chi connectivity index (χ1v) is 8.25. The zero-order chi connectivity index (χ0) is 17.2. The van der Waals surface area contributed by atoms with Gasteiger partial charge in [0.05, 0.1) is 24.8 Å². The number of benzene rings is 1. The molecule has 4 rings (SSSR count). The largest absolute Gasteiger partial charge is 0.375 e. The van der Waals surface area contributed by atoms with Crippen molar-refractivity contribution in [2.75, 3.05) is 25.0 Å². The Bertz CT molecular complexity index is 768. The lowest BCUT2D eigenvalue weighted by Crippen LogP contribution is -2.34. The maximum Gasteiger partial charge on any atom is 0.253 e. The maximum atomic E-state index is 12.6. The summed E-state index contributed by atoms with van der Waals surface area (Å²) in [7, 11) is 0. The molecule has 0 radical (unpaired) electrons. The van der Waals surface area contributed by atoms with Gasteiger partial charge in [-0.15, -0.1) is 0 Å². The van der Waals surface area contributed by atoms with E-state index in [9.17, 15) is 9.59 Å². The van der Waals surface area contributed by atoms with E-state index in [0.29, 0.717) is 31.1 Å². The predicted octanol–water partition coefficient (Wildman–Crippen LogP) is 1.20. The van der Waals surface area contributed by atoms with E-state index < -0.39 is 0 Å². The first-order chi connectivity index (χ1) is 12.2. The van der Waals surface area contributed by atoms with Crippen LogP contribution in [0.5, 0.6) is 0 Å². The van der Waals surface area contributed by atoms with Crippen molar-refractivity contribution in [3.8, 4) is 0 Å². The maximum absolute atomic E-state index is 12.6. The second-order valence-electron chi connectivity index (χ2n) is 6.30. The number of rotatable bonds is 3. The number of nitrogens with one attached hydrogen (secondary N) is 1. The van der Waals surface area contributed by atoms with Gasteiger partial charge in [0.1, 0.15) is 0 Å². The summed E-state index contributed by atoms with van der Waals surface area (Å²) in [6, 6.07) is 9.17. The van der Waals surface area contributed by atoms with Gasteiger partial charge in [-0.3, -0.25) is 14.6 Å². The van der Waals surface area contributed by atoms with E-state index >= 15 is 0 Å². The molecule has 1 aromatic heterocycles. The number of fused-ring (bicyclic) bond motifs is 1. The molecule has 2 aliphatic rings. The molecule has 2 saturated heterocycles. The van der Waals surface area contributed by atoms with E-state index in [0.717, 1.165) is 0 Å². The Kier molecular flexibility index (Phi) is 4.15. The first kappa shape index (κ1) is 15.7. The van der Waals surface area contributed by atoms with Crippen molar-refractivity contribution in [3.05, 3.63) is 54.5 Å². The molecule has 25 heavy (non-hydrogen) atoms. The average Bonchev–Trinajstić information content (AvgIpc) is 3.23. The molecule has 0 unspecified atom stereocenters. The van der Waals surface area contributed by atoms with E-state index in [1.807, 2.05) is 18.2 Å². The summed E-state index contributed by atoms with van der Waals surface area (Å²) in [5.41, 5.74) is 0.656. The van der Waals surface area contributed by atoms with E-state index in [-0.39, 0.29) is 29.8 Å². The smallest absolute Gasteiger partial charge is 0.253 e. The number of amides is 2. The molecule has 7 nitrogen and oxygen atoms in total. The fourth-order valence-electron chi connectivity index (χ4n) is 3.49. The molecule has 1 N–H and O–H groups in total. The van der Waals surface area contributed by atoms with Crippen molar-refractivity contribution in [2.45, 2.75) is 6.10 Å². The van der Waals surface area contributed by atoms with Crippen LogP contribution in [0, 0.1) is 11.8 Å². The van der Waals surface area contributed by atoms with Gasteiger partial charge in [0, 0.05) is 37.0 Å². The summed E-state index contributed by atoms with van der Waals surface area (Å²) < 4.78 is 5.77. The molecular weight excluding hydrogens is 320 g/mol. The Morgan fingerprint density at radius 2 is 2.00 bits per heavy atom. The van der Waals surface area contributed by atoms with Crippen LogP contribution >= 0.6 is 0 Å². The van der Waals surface area contributed by atoms with Crippen LogP contribution in [0.3, 0.4) is 0 Å². The molecule has 0 bridgehead atoms. The molecule has 2 aliphatic heterocycles. The molecule has 2 fully saturated rings. The molecular formula is C18H18N4O3. The van der Waals surface area contributed by atoms with Gasteiger partial charge in [-0.05, 0) is 12.1 Å². The van der Waals surface area contributed by atoms with Crippen molar-refractivity contribution >= 4 is 17.6 Å². The Morgan fingerprint density at radius 1 is 1.16 bits per heavy atom. The van der Waals surface area contributed by atoms with Crippen LogP contribution in [-0.4, -0.2) is 52.5 Å². The first-order valence-electron chi connectivity index (χ1n) is 8.25. The number of aromatic nitrogens is 2. The van der Waals surface area contributed by atoms with E-state index in [1.54, 1.807) is 23.2 Å². The summed E-state index contributed by atoms with van der Waals surface area (Å²) in [6.45, 7) is 1.42. The average molecular weight is 338 g/mol. The zero-order valence-electron chi connectivity index (χ0n) is 13.5.